The highest BCUT2D eigenvalue weighted by Crippen LogP contribution is 2.33. The van der Waals surface area contributed by atoms with Gasteiger partial charge in [0.2, 0.25) is 0 Å². The van der Waals surface area contributed by atoms with Gasteiger partial charge in [-0.15, -0.1) is 0 Å². The van der Waals surface area contributed by atoms with Crippen LogP contribution in [0.1, 0.15) is 17.7 Å². The van der Waals surface area contributed by atoms with Crippen molar-refractivity contribution in [1.29, 1.82) is 0 Å². The Labute approximate surface area is 116 Å². The minimum Gasteiger partial charge on any atom is -0.494 e. The Bertz CT molecular complexity index is 640. The van der Waals surface area contributed by atoms with Gasteiger partial charge in [0.25, 0.3) is 0 Å². The number of nitrogens with zero attached hydrogens (tertiary/aromatic N) is 1. The van der Waals surface area contributed by atoms with Crippen LogP contribution in [0.25, 0.3) is 10.9 Å². The highest BCUT2D eigenvalue weighted by atomic mass is 35.5. The molecule has 1 N–H and O–H groups in total. The van der Waals surface area contributed by atoms with Gasteiger partial charge in [0.1, 0.15) is 11.3 Å². The first-order valence-corrected chi connectivity index (χ1v) is 6.25. The van der Waals surface area contributed by atoms with Crippen molar-refractivity contribution in [1.82, 2.24) is 4.98 Å². The van der Waals surface area contributed by atoms with Gasteiger partial charge in [0.15, 0.2) is 0 Å². The topological polar surface area (TPSA) is 59.4 Å². The Morgan fingerprint density at radius 3 is 2.84 bits per heavy atom. The number of ether oxygens (including phenoxy) is 1. The summed E-state index contributed by atoms with van der Waals surface area (Å²) in [6.07, 6.45) is 0.480. The lowest BCUT2D eigenvalue weighted by atomic mass is 10.0. The molecule has 2 aromatic rings. The summed E-state index contributed by atoms with van der Waals surface area (Å²) < 4.78 is 5.28. The zero-order valence-corrected chi connectivity index (χ0v) is 11.5. The lowest BCUT2D eigenvalue weighted by Crippen LogP contribution is -2.00. The fraction of sp³-hybridized carbons (Fsp3) is 0.286. The average Bonchev–Trinajstić information content (AvgIpc) is 2.36. The standard InChI is InChI=1S/C14H14ClNO3/c1-8-7-9(3-6-12(17)18)13-10(15)4-5-11(19-2)14(13)16-8/h4-5,7H,3,6H2,1-2H3,(H,17,18). The predicted octanol–water partition coefficient (Wildman–Crippen LogP) is 3.22. The number of methoxy groups -OCH3 is 1. The zero-order valence-electron chi connectivity index (χ0n) is 10.7. The lowest BCUT2D eigenvalue weighted by Gasteiger charge is -2.11. The third kappa shape index (κ3) is 2.79. The van der Waals surface area contributed by atoms with Gasteiger partial charge in [-0.05, 0) is 37.1 Å². The molecule has 0 bridgehead atoms. The third-order valence-electron chi connectivity index (χ3n) is 2.91. The second-order valence-corrected chi connectivity index (χ2v) is 4.70. The molecule has 19 heavy (non-hydrogen) atoms. The number of aryl methyl sites for hydroxylation is 2. The second kappa shape index (κ2) is 5.45. The third-order valence-corrected chi connectivity index (χ3v) is 3.23. The van der Waals surface area contributed by atoms with E-state index in [1.807, 2.05) is 13.0 Å². The summed E-state index contributed by atoms with van der Waals surface area (Å²) in [6.45, 7) is 1.87. The molecule has 0 radical (unpaired) electrons. The summed E-state index contributed by atoms with van der Waals surface area (Å²) in [4.78, 5) is 15.2. The van der Waals surface area contributed by atoms with Crippen molar-refractivity contribution >= 4 is 28.5 Å². The molecule has 0 aliphatic heterocycles. The van der Waals surface area contributed by atoms with Crippen molar-refractivity contribution in [3.63, 3.8) is 0 Å². The quantitative estimate of drug-likeness (QED) is 0.933. The molecule has 0 spiro atoms. The van der Waals surface area contributed by atoms with E-state index in [0.29, 0.717) is 22.7 Å². The number of hydrogen-bond acceptors (Lipinski definition) is 3. The minimum atomic E-state index is -0.832. The molecule has 2 rings (SSSR count). The Morgan fingerprint density at radius 1 is 1.47 bits per heavy atom. The molecule has 0 aliphatic carbocycles. The van der Waals surface area contributed by atoms with Crippen LogP contribution < -0.4 is 4.74 Å². The van der Waals surface area contributed by atoms with E-state index in [1.165, 1.54) is 0 Å². The molecule has 0 unspecified atom stereocenters. The molecular weight excluding hydrogens is 266 g/mol. The molecule has 100 valence electrons. The van der Waals surface area contributed by atoms with Gasteiger partial charge < -0.3 is 9.84 Å². The van der Waals surface area contributed by atoms with Gasteiger partial charge in [0.05, 0.1) is 12.1 Å². The molecule has 1 heterocycles. The summed E-state index contributed by atoms with van der Waals surface area (Å²) in [5.41, 5.74) is 2.37. The smallest absolute Gasteiger partial charge is 0.303 e. The number of halogens is 1. The van der Waals surface area contributed by atoms with Gasteiger partial charge in [-0.3, -0.25) is 4.79 Å². The number of aromatic nitrogens is 1. The maximum Gasteiger partial charge on any atom is 0.303 e. The van der Waals surface area contributed by atoms with Gasteiger partial charge in [-0.1, -0.05) is 11.6 Å². The molecule has 0 amide bonds. The van der Waals surface area contributed by atoms with Crippen LogP contribution in [-0.4, -0.2) is 23.2 Å². The van der Waals surface area contributed by atoms with E-state index in [1.54, 1.807) is 19.2 Å². The fourth-order valence-corrected chi connectivity index (χ4v) is 2.37. The summed E-state index contributed by atoms with van der Waals surface area (Å²) in [5, 5.41) is 10.1. The number of benzene rings is 1. The molecule has 1 aromatic carbocycles. The summed E-state index contributed by atoms with van der Waals surface area (Å²) >= 11 is 6.22. The van der Waals surface area contributed by atoms with Crippen molar-refractivity contribution in [2.45, 2.75) is 19.8 Å². The molecule has 4 nitrogen and oxygen atoms in total. The average molecular weight is 280 g/mol. The van der Waals surface area contributed by atoms with E-state index in [4.69, 9.17) is 21.4 Å². The Hall–Kier alpha value is -1.81. The van der Waals surface area contributed by atoms with Crippen LogP contribution in [0.15, 0.2) is 18.2 Å². The summed E-state index contributed by atoms with van der Waals surface area (Å²) in [7, 11) is 1.57. The number of aliphatic carboxylic acids is 1. The Morgan fingerprint density at radius 2 is 2.21 bits per heavy atom. The molecule has 0 fully saturated rings. The molecule has 1 aromatic heterocycles. The summed E-state index contributed by atoms with van der Waals surface area (Å²) in [5.74, 6) is -0.193. The van der Waals surface area contributed by atoms with Crippen LogP contribution in [0.2, 0.25) is 5.02 Å². The molecule has 0 aliphatic rings. The van der Waals surface area contributed by atoms with E-state index in [0.717, 1.165) is 16.6 Å². The van der Waals surface area contributed by atoms with Crippen molar-refractivity contribution in [3.8, 4) is 5.75 Å². The van der Waals surface area contributed by atoms with Crippen molar-refractivity contribution in [3.05, 3.63) is 34.5 Å². The van der Waals surface area contributed by atoms with E-state index in [2.05, 4.69) is 4.98 Å². The highest BCUT2D eigenvalue weighted by molar-refractivity contribution is 6.35. The van der Waals surface area contributed by atoms with Crippen molar-refractivity contribution < 1.29 is 14.6 Å². The van der Waals surface area contributed by atoms with Gasteiger partial charge >= 0.3 is 5.97 Å². The van der Waals surface area contributed by atoms with E-state index < -0.39 is 5.97 Å². The van der Waals surface area contributed by atoms with Crippen LogP contribution in [0.5, 0.6) is 5.75 Å². The number of fused-ring (bicyclic) bond motifs is 1. The van der Waals surface area contributed by atoms with Gasteiger partial charge in [0, 0.05) is 17.5 Å². The maximum atomic E-state index is 10.7. The van der Waals surface area contributed by atoms with Crippen LogP contribution in [0, 0.1) is 6.92 Å². The largest absolute Gasteiger partial charge is 0.494 e. The molecular formula is C14H14ClNO3. The van der Waals surface area contributed by atoms with Crippen LogP contribution in [-0.2, 0) is 11.2 Å². The minimum absolute atomic E-state index is 0.0616. The Kier molecular flexibility index (Phi) is 3.90. The number of carboxylic acids is 1. The number of rotatable bonds is 4. The maximum absolute atomic E-state index is 10.7. The van der Waals surface area contributed by atoms with Crippen LogP contribution in [0.3, 0.4) is 0 Å². The first kappa shape index (κ1) is 13.6. The highest BCUT2D eigenvalue weighted by Gasteiger charge is 2.13. The second-order valence-electron chi connectivity index (χ2n) is 4.29. The monoisotopic (exact) mass is 279 g/mol. The fourth-order valence-electron chi connectivity index (χ4n) is 2.10. The number of carbonyl (C=O) groups is 1. The van der Waals surface area contributed by atoms with Crippen LogP contribution in [0.4, 0.5) is 0 Å². The Balaban J connectivity index is 2.65. The van der Waals surface area contributed by atoms with E-state index >= 15 is 0 Å². The predicted molar refractivity (Wildman–Crippen MR) is 74.0 cm³/mol. The van der Waals surface area contributed by atoms with Gasteiger partial charge in [-0.25, -0.2) is 4.98 Å². The normalized spacial score (nSPS) is 10.7. The summed E-state index contributed by atoms with van der Waals surface area (Å²) in [6, 6.07) is 5.37. The number of hydrogen-bond donors (Lipinski definition) is 1. The zero-order chi connectivity index (χ0) is 14.0. The number of pyridine rings is 1. The lowest BCUT2D eigenvalue weighted by molar-refractivity contribution is -0.136. The first-order valence-electron chi connectivity index (χ1n) is 5.87. The van der Waals surface area contributed by atoms with Crippen LogP contribution >= 0.6 is 11.6 Å². The van der Waals surface area contributed by atoms with E-state index in [9.17, 15) is 4.79 Å². The molecule has 0 atom stereocenters. The number of carboxylic acid groups (broad SMARTS) is 1. The van der Waals surface area contributed by atoms with Gasteiger partial charge in [-0.2, -0.15) is 0 Å². The van der Waals surface area contributed by atoms with Crippen molar-refractivity contribution in [2.24, 2.45) is 0 Å². The first-order chi connectivity index (χ1) is 9.02. The van der Waals surface area contributed by atoms with E-state index in [-0.39, 0.29) is 6.42 Å². The molecule has 0 saturated heterocycles. The molecule has 5 heteroatoms. The molecule has 0 saturated carbocycles. The van der Waals surface area contributed by atoms with Crippen molar-refractivity contribution in [2.75, 3.05) is 7.11 Å². The SMILES string of the molecule is COc1ccc(Cl)c2c(CCC(=O)O)cc(C)nc12.